The van der Waals surface area contributed by atoms with E-state index in [4.69, 9.17) is 0 Å². The third-order valence-corrected chi connectivity index (χ3v) is 1.59. The minimum atomic E-state index is 0.350. The summed E-state index contributed by atoms with van der Waals surface area (Å²) >= 11 is 3.24. The Labute approximate surface area is 72.5 Å². The molecule has 0 radical (unpaired) electrons. The second kappa shape index (κ2) is 3.48. The van der Waals surface area contributed by atoms with Gasteiger partial charge in [0, 0.05) is 16.2 Å². The first kappa shape index (κ1) is 8.20. The van der Waals surface area contributed by atoms with E-state index in [0.29, 0.717) is 12.4 Å². The number of ether oxygens (including phenoxy) is 1. The molecule has 1 aromatic heterocycles. The van der Waals surface area contributed by atoms with Gasteiger partial charge in [-0.05, 0) is 28.9 Å². The fourth-order valence-electron chi connectivity index (χ4n) is 0.697. The van der Waals surface area contributed by atoms with Crippen molar-refractivity contribution in [3.63, 3.8) is 0 Å². The summed E-state index contributed by atoms with van der Waals surface area (Å²) in [4.78, 5) is 13.8. The minimum Gasteiger partial charge on any atom is -0.409 e. The van der Waals surface area contributed by atoms with Crippen LogP contribution in [0.15, 0.2) is 16.7 Å². The molecule has 0 saturated heterocycles. The second-order valence-electron chi connectivity index (χ2n) is 1.99. The van der Waals surface area contributed by atoms with Crippen molar-refractivity contribution in [1.29, 1.82) is 0 Å². The van der Waals surface area contributed by atoms with E-state index in [-0.39, 0.29) is 0 Å². The average Bonchev–Trinajstić information content (AvgIpc) is 1.95. The maximum absolute atomic E-state index is 9.94. The lowest BCUT2D eigenvalue weighted by atomic mass is 10.3. The summed E-state index contributed by atoms with van der Waals surface area (Å²) in [5.41, 5.74) is 0.825. The Balaban J connectivity index is 2.98. The molecule has 0 atom stereocenters. The van der Waals surface area contributed by atoms with Crippen LogP contribution in [0.5, 0.6) is 5.88 Å². The third-order valence-electron chi connectivity index (χ3n) is 1.16. The van der Waals surface area contributed by atoms with Gasteiger partial charge in [0.1, 0.15) is 0 Å². The van der Waals surface area contributed by atoms with Crippen LogP contribution in [-0.4, -0.2) is 11.5 Å². The molecule has 0 N–H and O–H groups in total. The van der Waals surface area contributed by atoms with Gasteiger partial charge in [-0.15, -0.1) is 0 Å². The number of nitrogens with zero attached hydrogens (tertiary/aromatic N) is 1. The van der Waals surface area contributed by atoms with Crippen molar-refractivity contribution >= 4 is 22.4 Å². The van der Waals surface area contributed by atoms with Gasteiger partial charge in [-0.25, -0.2) is 4.98 Å². The smallest absolute Gasteiger partial charge is 0.299 e. The monoisotopic (exact) mass is 215 g/mol. The number of aromatic nitrogens is 1. The van der Waals surface area contributed by atoms with E-state index < -0.39 is 0 Å². The number of hydrogen-bond acceptors (Lipinski definition) is 3. The predicted molar refractivity (Wildman–Crippen MR) is 43.4 cm³/mol. The van der Waals surface area contributed by atoms with Crippen LogP contribution in [0.4, 0.5) is 0 Å². The third kappa shape index (κ3) is 2.01. The SMILES string of the molecule is Cc1cc(Br)cnc1OC=O. The summed E-state index contributed by atoms with van der Waals surface area (Å²) in [5, 5.41) is 0. The number of rotatable bonds is 2. The van der Waals surface area contributed by atoms with Gasteiger partial charge in [0.15, 0.2) is 0 Å². The zero-order valence-electron chi connectivity index (χ0n) is 5.87. The van der Waals surface area contributed by atoms with Crippen molar-refractivity contribution in [2.75, 3.05) is 0 Å². The van der Waals surface area contributed by atoms with Crippen LogP contribution in [-0.2, 0) is 4.79 Å². The molecule has 0 aliphatic rings. The number of halogens is 1. The van der Waals surface area contributed by atoms with Crippen molar-refractivity contribution in [1.82, 2.24) is 4.98 Å². The molecule has 0 unspecified atom stereocenters. The number of hydrogen-bond donors (Lipinski definition) is 0. The Morgan fingerprint density at radius 3 is 3.00 bits per heavy atom. The molecule has 3 nitrogen and oxygen atoms in total. The van der Waals surface area contributed by atoms with Gasteiger partial charge in [0.05, 0.1) is 0 Å². The molecule has 0 aliphatic heterocycles. The summed E-state index contributed by atoms with van der Waals surface area (Å²) in [6, 6.07) is 1.83. The first-order chi connectivity index (χ1) is 5.24. The predicted octanol–water partition coefficient (Wildman–Crippen LogP) is 1.69. The molecule has 4 heteroatoms. The van der Waals surface area contributed by atoms with Gasteiger partial charge in [0.2, 0.25) is 5.88 Å². The quantitative estimate of drug-likeness (QED) is 0.706. The molecule has 1 heterocycles. The summed E-state index contributed by atoms with van der Waals surface area (Å²) in [6.45, 7) is 2.18. The summed E-state index contributed by atoms with van der Waals surface area (Å²) in [6.07, 6.45) is 1.58. The zero-order valence-corrected chi connectivity index (χ0v) is 7.46. The number of carbonyl (C=O) groups excluding carboxylic acids is 1. The van der Waals surface area contributed by atoms with Crippen LogP contribution in [0.25, 0.3) is 0 Å². The highest BCUT2D eigenvalue weighted by Crippen LogP contribution is 2.17. The fourth-order valence-corrected chi connectivity index (χ4v) is 1.14. The van der Waals surface area contributed by atoms with Crippen molar-refractivity contribution in [2.45, 2.75) is 6.92 Å². The molecule has 58 valence electrons. The Morgan fingerprint density at radius 1 is 1.73 bits per heavy atom. The van der Waals surface area contributed by atoms with E-state index in [0.717, 1.165) is 10.0 Å². The molecule has 0 saturated carbocycles. The van der Waals surface area contributed by atoms with Crippen molar-refractivity contribution in [3.8, 4) is 5.88 Å². The maximum Gasteiger partial charge on any atom is 0.299 e. The normalized spacial score (nSPS) is 9.27. The minimum absolute atomic E-state index is 0.350. The molecule has 11 heavy (non-hydrogen) atoms. The lowest BCUT2D eigenvalue weighted by Crippen LogP contribution is -1.93. The van der Waals surface area contributed by atoms with Crippen molar-refractivity contribution < 1.29 is 9.53 Å². The Bertz CT molecular complexity index is 275. The van der Waals surface area contributed by atoms with E-state index in [1.54, 1.807) is 6.20 Å². The largest absolute Gasteiger partial charge is 0.409 e. The summed E-state index contributed by atoms with van der Waals surface area (Å²) < 4.78 is 5.45. The fraction of sp³-hybridized carbons (Fsp3) is 0.143. The van der Waals surface area contributed by atoms with Gasteiger partial charge < -0.3 is 4.74 Å². The van der Waals surface area contributed by atoms with Crippen LogP contribution < -0.4 is 4.74 Å². The van der Waals surface area contributed by atoms with Gasteiger partial charge in [-0.3, -0.25) is 4.79 Å². The van der Waals surface area contributed by atoms with E-state index in [1.807, 2.05) is 13.0 Å². The van der Waals surface area contributed by atoms with E-state index >= 15 is 0 Å². The number of pyridine rings is 1. The number of carbonyl (C=O) groups is 1. The molecule has 0 bridgehead atoms. The van der Waals surface area contributed by atoms with Gasteiger partial charge in [0.25, 0.3) is 6.47 Å². The molecule has 0 aromatic carbocycles. The molecular weight excluding hydrogens is 210 g/mol. The highest BCUT2D eigenvalue weighted by molar-refractivity contribution is 9.10. The number of aryl methyl sites for hydroxylation is 1. The lowest BCUT2D eigenvalue weighted by molar-refractivity contribution is -0.121. The lowest BCUT2D eigenvalue weighted by Gasteiger charge is -1.99. The van der Waals surface area contributed by atoms with Crippen LogP contribution in [0, 0.1) is 6.92 Å². The zero-order chi connectivity index (χ0) is 8.27. The topological polar surface area (TPSA) is 39.2 Å². The Morgan fingerprint density at radius 2 is 2.45 bits per heavy atom. The van der Waals surface area contributed by atoms with Crippen molar-refractivity contribution in [3.05, 3.63) is 22.3 Å². The molecule has 0 spiro atoms. The maximum atomic E-state index is 9.94. The van der Waals surface area contributed by atoms with Crippen LogP contribution in [0.1, 0.15) is 5.56 Å². The Hall–Kier alpha value is -0.900. The molecule has 1 aromatic rings. The van der Waals surface area contributed by atoms with Crippen LogP contribution in [0.2, 0.25) is 0 Å². The second-order valence-corrected chi connectivity index (χ2v) is 2.91. The first-order valence-corrected chi connectivity index (χ1v) is 3.76. The van der Waals surface area contributed by atoms with Gasteiger partial charge >= 0.3 is 0 Å². The van der Waals surface area contributed by atoms with Crippen molar-refractivity contribution in [2.24, 2.45) is 0 Å². The first-order valence-electron chi connectivity index (χ1n) is 2.96. The van der Waals surface area contributed by atoms with Crippen LogP contribution >= 0.6 is 15.9 Å². The van der Waals surface area contributed by atoms with Crippen LogP contribution in [0.3, 0.4) is 0 Å². The van der Waals surface area contributed by atoms with Gasteiger partial charge in [-0.1, -0.05) is 0 Å². The standard InChI is InChI=1S/C7H6BrNO2/c1-5-2-6(8)3-9-7(5)11-4-10/h2-4H,1H3. The van der Waals surface area contributed by atoms with E-state index in [2.05, 4.69) is 25.7 Å². The molecule has 0 aliphatic carbocycles. The summed E-state index contributed by atoms with van der Waals surface area (Å²) in [7, 11) is 0. The highest BCUT2D eigenvalue weighted by atomic mass is 79.9. The molecule has 0 amide bonds. The summed E-state index contributed by atoms with van der Waals surface area (Å²) in [5.74, 6) is 0.350. The molecule has 1 rings (SSSR count). The molecular formula is C7H6BrNO2. The van der Waals surface area contributed by atoms with E-state index in [9.17, 15) is 4.79 Å². The molecule has 0 fully saturated rings. The Kier molecular flexibility index (Phi) is 2.59. The highest BCUT2D eigenvalue weighted by Gasteiger charge is 1.99. The van der Waals surface area contributed by atoms with Gasteiger partial charge in [-0.2, -0.15) is 0 Å². The average molecular weight is 216 g/mol. The van der Waals surface area contributed by atoms with E-state index in [1.165, 1.54) is 0 Å².